The van der Waals surface area contributed by atoms with E-state index in [0.29, 0.717) is 30.2 Å². The summed E-state index contributed by atoms with van der Waals surface area (Å²) >= 11 is -0.150. The quantitative estimate of drug-likeness (QED) is 0.376. The Labute approximate surface area is 205 Å². The molecule has 3 aromatic rings. The van der Waals surface area contributed by atoms with Gasteiger partial charge in [0.2, 0.25) is 0 Å². The molecule has 0 unspecified atom stereocenters. The van der Waals surface area contributed by atoms with Crippen molar-refractivity contribution in [3.05, 3.63) is 90.5 Å². The van der Waals surface area contributed by atoms with E-state index in [-0.39, 0.29) is 16.7 Å². The van der Waals surface area contributed by atoms with Crippen LogP contribution in [0.25, 0.3) is 0 Å². The molecule has 2 heterocycles. The van der Waals surface area contributed by atoms with Crippen molar-refractivity contribution in [1.29, 1.82) is 0 Å². The minimum absolute atomic E-state index is 0.121. The van der Waals surface area contributed by atoms with Crippen LogP contribution >= 0.6 is 11.8 Å². The van der Waals surface area contributed by atoms with Gasteiger partial charge in [-0.1, -0.05) is 18.2 Å². The van der Waals surface area contributed by atoms with Gasteiger partial charge in [0.15, 0.2) is 0 Å². The summed E-state index contributed by atoms with van der Waals surface area (Å²) in [5.41, 5.74) is -1.17. The third-order valence-corrected chi connectivity index (χ3v) is 6.84. The third-order valence-electron chi connectivity index (χ3n) is 5.11. The highest BCUT2D eigenvalue weighted by Crippen LogP contribution is 2.37. The number of para-hydroxylation sites is 1. The van der Waals surface area contributed by atoms with Crippen LogP contribution in [0.5, 0.6) is 0 Å². The molecule has 0 atom stereocenters. The second-order valence-corrected chi connectivity index (χ2v) is 10.3. The monoisotopic (exact) mass is 521 g/mol. The number of allylic oxidation sites excluding steroid dienone is 1. The van der Waals surface area contributed by atoms with E-state index >= 15 is 0 Å². The van der Waals surface area contributed by atoms with Crippen molar-refractivity contribution in [3.63, 3.8) is 0 Å². The number of rotatable bonds is 8. The molecule has 1 aromatic heterocycles. The number of hydrogen-bond acceptors (Lipinski definition) is 6. The van der Waals surface area contributed by atoms with Gasteiger partial charge in [-0.05, 0) is 66.7 Å². The van der Waals surface area contributed by atoms with E-state index in [1.807, 2.05) is 22.9 Å². The average Bonchev–Trinajstić information content (AvgIpc) is 3.15. The SMILES string of the molecule is CC1=CN(c2ccc(SC(F)(F)F)cc2)CN1Cc1ccncc1NS(=O)(=O)Nc1ccccc1. The smallest absolute Gasteiger partial charge is 0.351 e. The lowest BCUT2D eigenvalue weighted by atomic mass is 10.2. The number of alkyl halides is 3. The van der Waals surface area contributed by atoms with Gasteiger partial charge in [0.1, 0.15) is 0 Å². The van der Waals surface area contributed by atoms with Crippen molar-refractivity contribution in [1.82, 2.24) is 9.88 Å². The number of nitrogens with zero attached hydrogens (tertiary/aromatic N) is 3. The molecule has 0 bridgehead atoms. The Morgan fingerprint density at radius 3 is 2.43 bits per heavy atom. The van der Waals surface area contributed by atoms with Gasteiger partial charge in [-0.15, -0.1) is 0 Å². The largest absolute Gasteiger partial charge is 0.446 e. The van der Waals surface area contributed by atoms with Gasteiger partial charge in [-0.2, -0.15) is 21.6 Å². The van der Waals surface area contributed by atoms with Crippen LogP contribution in [-0.4, -0.2) is 30.5 Å². The van der Waals surface area contributed by atoms with E-state index in [9.17, 15) is 21.6 Å². The van der Waals surface area contributed by atoms with E-state index in [4.69, 9.17) is 0 Å². The lowest BCUT2D eigenvalue weighted by Gasteiger charge is -2.24. The van der Waals surface area contributed by atoms with Crippen LogP contribution in [0.2, 0.25) is 0 Å². The molecular weight excluding hydrogens is 499 g/mol. The van der Waals surface area contributed by atoms with Crippen molar-refractivity contribution in [2.45, 2.75) is 23.9 Å². The lowest BCUT2D eigenvalue weighted by Crippen LogP contribution is -2.27. The molecule has 0 saturated carbocycles. The number of anilines is 3. The van der Waals surface area contributed by atoms with Crippen LogP contribution in [0, 0.1) is 0 Å². The van der Waals surface area contributed by atoms with E-state index < -0.39 is 15.7 Å². The molecule has 0 aliphatic carbocycles. The summed E-state index contributed by atoms with van der Waals surface area (Å²) in [7, 11) is -3.89. The third kappa shape index (κ3) is 6.83. The molecule has 0 radical (unpaired) electrons. The zero-order valence-corrected chi connectivity index (χ0v) is 20.2. The van der Waals surface area contributed by atoms with Gasteiger partial charge in [-0.3, -0.25) is 14.4 Å². The van der Waals surface area contributed by atoms with E-state index in [0.717, 1.165) is 11.4 Å². The van der Waals surface area contributed by atoms with Gasteiger partial charge in [-0.25, -0.2) is 0 Å². The fourth-order valence-electron chi connectivity index (χ4n) is 3.50. The van der Waals surface area contributed by atoms with Crippen molar-refractivity contribution in [2.24, 2.45) is 0 Å². The van der Waals surface area contributed by atoms with Gasteiger partial charge in [0, 0.05) is 35.2 Å². The Hall–Kier alpha value is -3.38. The molecule has 0 spiro atoms. The molecule has 4 rings (SSSR count). The van der Waals surface area contributed by atoms with Crippen LogP contribution < -0.4 is 14.3 Å². The first-order valence-corrected chi connectivity index (χ1v) is 12.7. The summed E-state index contributed by atoms with van der Waals surface area (Å²) in [6, 6.07) is 16.4. The molecular formula is C23H22F3N5O2S2. The summed E-state index contributed by atoms with van der Waals surface area (Å²) in [6.45, 7) is 2.76. The minimum Gasteiger partial charge on any atom is -0.351 e. The summed E-state index contributed by atoms with van der Waals surface area (Å²) in [6.07, 6.45) is 4.93. The molecule has 184 valence electrons. The minimum atomic E-state index is -4.33. The molecule has 2 N–H and O–H groups in total. The Balaban J connectivity index is 1.44. The van der Waals surface area contributed by atoms with Crippen molar-refractivity contribution in [2.75, 3.05) is 21.0 Å². The van der Waals surface area contributed by atoms with Gasteiger partial charge >= 0.3 is 15.7 Å². The number of aromatic nitrogens is 1. The zero-order valence-electron chi connectivity index (χ0n) is 18.5. The zero-order chi connectivity index (χ0) is 25.1. The summed E-state index contributed by atoms with van der Waals surface area (Å²) in [5.74, 6) is 0. The highest BCUT2D eigenvalue weighted by atomic mass is 32.2. The van der Waals surface area contributed by atoms with Crippen molar-refractivity contribution >= 4 is 39.0 Å². The van der Waals surface area contributed by atoms with Gasteiger partial charge in [0.05, 0.1) is 24.2 Å². The maximum atomic E-state index is 12.6. The second-order valence-electron chi connectivity index (χ2n) is 7.73. The maximum absolute atomic E-state index is 12.6. The fraction of sp³-hybridized carbons (Fsp3) is 0.174. The fourth-order valence-corrected chi connectivity index (χ4v) is 5.01. The molecule has 0 fully saturated rings. The van der Waals surface area contributed by atoms with Gasteiger partial charge in [0.25, 0.3) is 0 Å². The number of hydrogen-bond donors (Lipinski definition) is 2. The normalized spacial score (nSPS) is 14.1. The van der Waals surface area contributed by atoms with Gasteiger partial charge < -0.3 is 9.80 Å². The van der Waals surface area contributed by atoms with E-state index in [1.165, 1.54) is 18.3 Å². The number of thioether (sulfide) groups is 1. The number of benzene rings is 2. The highest BCUT2D eigenvalue weighted by molar-refractivity contribution is 8.00. The molecule has 1 aliphatic heterocycles. The second kappa shape index (κ2) is 10.1. The Morgan fingerprint density at radius 2 is 1.74 bits per heavy atom. The Bertz CT molecular complexity index is 1300. The molecule has 35 heavy (non-hydrogen) atoms. The Kier molecular flexibility index (Phi) is 7.13. The van der Waals surface area contributed by atoms with E-state index in [1.54, 1.807) is 54.7 Å². The molecule has 7 nitrogen and oxygen atoms in total. The molecule has 1 aliphatic rings. The first-order chi connectivity index (χ1) is 16.6. The standard InChI is InChI=1S/C23H22F3N5O2S2/c1-17-14-31(20-7-9-21(10-8-20)34-23(24,25)26)16-30(17)15-18-11-12-27-13-22(18)29-35(32,33)28-19-5-3-2-4-6-19/h2-14,28-29H,15-16H2,1H3. The van der Waals surface area contributed by atoms with Crippen LogP contribution in [0.3, 0.4) is 0 Å². The Morgan fingerprint density at radius 1 is 1.03 bits per heavy atom. The van der Waals surface area contributed by atoms with Crippen molar-refractivity contribution in [3.8, 4) is 0 Å². The number of nitrogens with one attached hydrogen (secondary N) is 2. The predicted molar refractivity (Wildman–Crippen MR) is 132 cm³/mol. The number of halogens is 3. The molecule has 12 heteroatoms. The van der Waals surface area contributed by atoms with Crippen LogP contribution in [0.15, 0.2) is 89.8 Å². The highest BCUT2D eigenvalue weighted by Gasteiger charge is 2.29. The van der Waals surface area contributed by atoms with Crippen LogP contribution in [0.1, 0.15) is 12.5 Å². The lowest BCUT2D eigenvalue weighted by molar-refractivity contribution is -0.0328. The maximum Gasteiger partial charge on any atom is 0.446 e. The summed E-state index contributed by atoms with van der Waals surface area (Å²) in [4.78, 5) is 8.11. The van der Waals surface area contributed by atoms with Crippen molar-refractivity contribution < 1.29 is 21.6 Å². The topological polar surface area (TPSA) is 77.6 Å². The van der Waals surface area contributed by atoms with Crippen LogP contribution in [-0.2, 0) is 16.8 Å². The first-order valence-electron chi connectivity index (χ1n) is 10.4. The van der Waals surface area contributed by atoms with E-state index in [2.05, 4.69) is 14.4 Å². The molecule has 0 amide bonds. The molecule has 0 saturated heterocycles. The number of pyridine rings is 1. The summed E-state index contributed by atoms with van der Waals surface area (Å²) in [5, 5.41) is 0. The first kappa shape index (κ1) is 24.7. The van der Waals surface area contributed by atoms with Crippen LogP contribution in [0.4, 0.5) is 30.2 Å². The summed E-state index contributed by atoms with van der Waals surface area (Å²) < 4.78 is 68.0. The average molecular weight is 522 g/mol. The predicted octanol–water partition coefficient (Wildman–Crippen LogP) is 5.60. The molecule has 2 aromatic carbocycles.